The monoisotopic (exact) mass is 347 g/mol. The average Bonchev–Trinajstić information content (AvgIpc) is 2.94. The smallest absolute Gasteiger partial charge is 0.233 e. The molecule has 1 aromatic carbocycles. The van der Waals surface area contributed by atoms with E-state index in [1.807, 2.05) is 4.90 Å². The summed E-state index contributed by atoms with van der Waals surface area (Å²) in [7, 11) is 0. The molecule has 0 aliphatic carbocycles. The number of rotatable bonds is 6. The van der Waals surface area contributed by atoms with Crippen LogP contribution in [0.3, 0.4) is 0 Å². The predicted molar refractivity (Wildman–Crippen MR) is 88.2 cm³/mol. The van der Waals surface area contributed by atoms with E-state index in [2.05, 4.69) is 0 Å². The first kappa shape index (κ1) is 16.9. The van der Waals surface area contributed by atoms with Gasteiger partial charge in [-0.1, -0.05) is 23.2 Å². The average molecular weight is 348 g/mol. The lowest BCUT2D eigenvalue weighted by Crippen LogP contribution is -2.36. The Balaban J connectivity index is 1.90. The van der Waals surface area contributed by atoms with Gasteiger partial charge in [0.1, 0.15) is 0 Å². The maximum atomic E-state index is 12.4. The first-order valence-corrected chi connectivity index (χ1v) is 8.84. The molecule has 0 aromatic heterocycles. The molecule has 1 amide bonds. The highest BCUT2D eigenvalue weighted by molar-refractivity contribution is 8.00. The molecular formula is C15H19Cl2NO2S. The molecule has 1 aliphatic heterocycles. The zero-order valence-electron chi connectivity index (χ0n) is 11.7. The molecule has 0 radical (unpaired) electrons. The third-order valence-corrected chi connectivity index (χ3v) is 5.35. The highest BCUT2D eigenvalue weighted by atomic mass is 35.5. The van der Waals surface area contributed by atoms with Gasteiger partial charge in [0, 0.05) is 29.1 Å². The summed E-state index contributed by atoms with van der Waals surface area (Å²) in [5.41, 5.74) is 0. The lowest BCUT2D eigenvalue weighted by molar-refractivity contribution is -0.129. The molecule has 2 rings (SSSR count). The molecule has 0 saturated carbocycles. The molecule has 1 unspecified atom stereocenters. The number of amides is 1. The largest absolute Gasteiger partial charge is 0.396 e. The van der Waals surface area contributed by atoms with Crippen molar-refractivity contribution in [2.45, 2.75) is 36.6 Å². The van der Waals surface area contributed by atoms with Crippen molar-refractivity contribution in [3.63, 3.8) is 0 Å². The number of nitrogens with zero attached hydrogens (tertiary/aromatic N) is 1. The molecule has 1 aliphatic rings. The highest BCUT2D eigenvalue weighted by Gasteiger charge is 2.27. The Morgan fingerprint density at radius 1 is 1.43 bits per heavy atom. The van der Waals surface area contributed by atoms with Gasteiger partial charge in [-0.05, 0) is 43.9 Å². The Morgan fingerprint density at radius 3 is 3.00 bits per heavy atom. The van der Waals surface area contributed by atoms with Crippen LogP contribution < -0.4 is 0 Å². The molecule has 1 saturated heterocycles. The third-order valence-electron chi connectivity index (χ3n) is 3.64. The van der Waals surface area contributed by atoms with E-state index < -0.39 is 0 Å². The van der Waals surface area contributed by atoms with Crippen molar-refractivity contribution >= 4 is 40.9 Å². The summed E-state index contributed by atoms with van der Waals surface area (Å²) in [6.45, 7) is 1.00. The molecule has 1 N–H and O–H groups in total. The zero-order valence-corrected chi connectivity index (χ0v) is 14.1. The second-order valence-corrected chi connectivity index (χ2v) is 6.97. The van der Waals surface area contributed by atoms with Gasteiger partial charge in [-0.2, -0.15) is 0 Å². The molecule has 116 valence electrons. The number of aliphatic hydroxyl groups is 1. The Hall–Kier alpha value is -0.420. The fourth-order valence-corrected chi connectivity index (χ4v) is 3.98. The molecular weight excluding hydrogens is 329 g/mol. The van der Waals surface area contributed by atoms with Crippen molar-refractivity contribution in [1.82, 2.24) is 4.90 Å². The molecule has 1 fully saturated rings. The van der Waals surface area contributed by atoms with Crippen molar-refractivity contribution in [3.05, 3.63) is 28.2 Å². The van der Waals surface area contributed by atoms with Crippen LogP contribution in [-0.4, -0.2) is 40.9 Å². The van der Waals surface area contributed by atoms with Gasteiger partial charge in [-0.25, -0.2) is 0 Å². The van der Waals surface area contributed by atoms with Crippen LogP contribution >= 0.6 is 35.0 Å². The van der Waals surface area contributed by atoms with Crippen LogP contribution in [0.5, 0.6) is 0 Å². The molecule has 21 heavy (non-hydrogen) atoms. The number of halogens is 2. The molecule has 0 bridgehead atoms. The summed E-state index contributed by atoms with van der Waals surface area (Å²) in [4.78, 5) is 15.1. The van der Waals surface area contributed by atoms with Crippen molar-refractivity contribution in [2.24, 2.45) is 0 Å². The Morgan fingerprint density at radius 2 is 2.24 bits per heavy atom. The van der Waals surface area contributed by atoms with Gasteiger partial charge in [-0.15, -0.1) is 11.8 Å². The molecule has 1 atom stereocenters. The van der Waals surface area contributed by atoms with Crippen molar-refractivity contribution in [2.75, 3.05) is 18.9 Å². The number of benzene rings is 1. The van der Waals surface area contributed by atoms with Crippen LogP contribution in [0.1, 0.15) is 25.7 Å². The van der Waals surface area contributed by atoms with Gasteiger partial charge >= 0.3 is 0 Å². The van der Waals surface area contributed by atoms with Crippen LogP contribution in [0.4, 0.5) is 0 Å². The number of carbonyl (C=O) groups is 1. The van der Waals surface area contributed by atoms with Crippen LogP contribution in [0.2, 0.25) is 10.0 Å². The number of thioether (sulfide) groups is 1. The minimum Gasteiger partial charge on any atom is -0.396 e. The number of carbonyl (C=O) groups excluding carboxylic acids is 1. The Kier molecular flexibility index (Phi) is 6.68. The van der Waals surface area contributed by atoms with Crippen LogP contribution in [0, 0.1) is 0 Å². The fourth-order valence-electron chi connectivity index (χ4n) is 2.60. The zero-order chi connectivity index (χ0) is 15.2. The van der Waals surface area contributed by atoms with E-state index in [4.69, 9.17) is 28.3 Å². The number of hydrogen-bond donors (Lipinski definition) is 1. The van der Waals surface area contributed by atoms with Gasteiger partial charge in [-0.3, -0.25) is 4.79 Å². The third kappa shape index (κ3) is 4.78. The second-order valence-electron chi connectivity index (χ2n) is 5.11. The Bertz CT molecular complexity index is 499. The first-order chi connectivity index (χ1) is 10.1. The van der Waals surface area contributed by atoms with Gasteiger partial charge in [0.15, 0.2) is 0 Å². The lowest BCUT2D eigenvalue weighted by Gasteiger charge is -2.24. The quantitative estimate of drug-likeness (QED) is 0.794. The first-order valence-electron chi connectivity index (χ1n) is 7.10. The standard InChI is InChI=1S/C15H19Cl2NO2S/c16-11-5-6-13(17)14(9-11)21-10-15(20)18-7-1-3-12(18)4-2-8-19/h5-6,9,12,19H,1-4,7-8,10H2. The normalized spacial score (nSPS) is 18.2. The van der Waals surface area contributed by atoms with Gasteiger partial charge in [0.05, 0.1) is 10.8 Å². The fraction of sp³-hybridized carbons (Fsp3) is 0.533. The summed E-state index contributed by atoms with van der Waals surface area (Å²) in [5.74, 6) is 0.506. The SMILES string of the molecule is O=C(CSc1cc(Cl)ccc1Cl)N1CCCC1CCCO. The van der Waals surface area contributed by atoms with E-state index in [1.165, 1.54) is 11.8 Å². The van der Waals surface area contributed by atoms with E-state index in [1.54, 1.807) is 18.2 Å². The van der Waals surface area contributed by atoms with Crippen molar-refractivity contribution in [3.8, 4) is 0 Å². The lowest BCUT2D eigenvalue weighted by atomic mass is 10.1. The second kappa shape index (κ2) is 8.28. The number of hydrogen-bond acceptors (Lipinski definition) is 3. The van der Waals surface area contributed by atoms with Gasteiger partial charge in [0.2, 0.25) is 5.91 Å². The topological polar surface area (TPSA) is 40.5 Å². The Labute approximate surface area is 139 Å². The van der Waals surface area contributed by atoms with E-state index in [0.29, 0.717) is 15.8 Å². The minimum atomic E-state index is 0.136. The van der Waals surface area contributed by atoms with Gasteiger partial charge < -0.3 is 10.0 Å². The van der Waals surface area contributed by atoms with Crippen LogP contribution in [0.25, 0.3) is 0 Å². The van der Waals surface area contributed by atoms with Crippen LogP contribution in [0.15, 0.2) is 23.1 Å². The minimum absolute atomic E-state index is 0.136. The summed E-state index contributed by atoms with van der Waals surface area (Å²) in [5, 5.41) is 10.2. The van der Waals surface area contributed by atoms with E-state index >= 15 is 0 Å². The maximum Gasteiger partial charge on any atom is 0.233 e. The summed E-state index contributed by atoms with van der Waals surface area (Å²) < 4.78 is 0. The highest BCUT2D eigenvalue weighted by Crippen LogP contribution is 2.31. The number of aliphatic hydroxyl groups excluding tert-OH is 1. The summed E-state index contributed by atoms with van der Waals surface area (Å²) in [6.07, 6.45) is 3.71. The van der Waals surface area contributed by atoms with E-state index in [0.717, 1.165) is 37.1 Å². The molecule has 6 heteroatoms. The van der Waals surface area contributed by atoms with E-state index in [-0.39, 0.29) is 18.6 Å². The molecule has 0 spiro atoms. The van der Waals surface area contributed by atoms with Crippen molar-refractivity contribution < 1.29 is 9.90 Å². The molecule has 1 aromatic rings. The number of likely N-dealkylation sites (tertiary alicyclic amines) is 1. The van der Waals surface area contributed by atoms with E-state index in [9.17, 15) is 4.79 Å². The van der Waals surface area contributed by atoms with Gasteiger partial charge in [0.25, 0.3) is 0 Å². The predicted octanol–water partition coefficient (Wildman–Crippen LogP) is 3.85. The summed E-state index contributed by atoms with van der Waals surface area (Å²) in [6, 6.07) is 5.55. The maximum absolute atomic E-state index is 12.4. The summed E-state index contributed by atoms with van der Waals surface area (Å²) >= 11 is 13.5. The molecule has 3 nitrogen and oxygen atoms in total. The van der Waals surface area contributed by atoms with Crippen LogP contribution in [-0.2, 0) is 4.79 Å². The van der Waals surface area contributed by atoms with Crippen molar-refractivity contribution in [1.29, 1.82) is 0 Å². The molecule has 1 heterocycles.